The topological polar surface area (TPSA) is 106 Å². The van der Waals surface area contributed by atoms with E-state index in [0.717, 1.165) is 30.4 Å². The van der Waals surface area contributed by atoms with E-state index in [1.807, 2.05) is 60.7 Å². The van der Waals surface area contributed by atoms with E-state index in [0.29, 0.717) is 13.2 Å². The molecule has 38 heavy (non-hydrogen) atoms. The third-order valence-corrected chi connectivity index (χ3v) is 6.02. The molecule has 0 fully saturated rings. The fourth-order valence-electron chi connectivity index (χ4n) is 3.77. The van der Waals surface area contributed by atoms with Crippen LogP contribution in [0.2, 0.25) is 0 Å². The maximum Gasteiger partial charge on any atom is 0.328 e. The third-order valence-electron chi connectivity index (χ3n) is 6.02. The minimum Gasteiger partial charge on any atom is -0.459 e. The normalized spacial score (nSPS) is 12.3. The summed E-state index contributed by atoms with van der Waals surface area (Å²) in [6.07, 6.45) is 8.04. The number of amides is 3. The molecule has 2 rings (SSSR count). The van der Waals surface area contributed by atoms with E-state index in [1.54, 1.807) is 6.92 Å². The molecule has 3 amide bonds. The maximum atomic E-state index is 13.0. The lowest BCUT2D eigenvalue weighted by molar-refractivity contribution is -0.148. The van der Waals surface area contributed by atoms with Crippen LogP contribution < -0.4 is 16.0 Å². The number of unbranched alkanes of at least 4 members (excludes halogenated alkanes) is 6. The predicted octanol–water partition coefficient (Wildman–Crippen LogP) is 4.87. The summed E-state index contributed by atoms with van der Waals surface area (Å²) in [5, 5.41) is 8.14. The SMILES string of the molecule is CCCCCCCCCNC(=O)N[C@@H](COCc1ccccc1)C(=O)N[C@@H](C)C(=O)OCc1ccccc1. The van der Waals surface area contributed by atoms with E-state index in [1.165, 1.54) is 25.7 Å². The van der Waals surface area contributed by atoms with Crippen molar-refractivity contribution in [2.24, 2.45) is 0 Å². The number of esters is 1. The summed E-state index contributed by atoms with van der Waals surface area (Å²) in [6.45, 7) is 4.64. The molecule has 0 unspecified atom stereocenters. The molecule has 0 radical (unpaired) electrons. The van der Waals surface area contributed by atoms with E-state index in [9.17, 15) is 14.4 Å². The van der Waals surface area contributed by atoms with Gasteiger partial charge in [-0.25, -0.2) is 9.59 Å². The zero-order chi connectivity index (χ0) is 27.4. The van der Waals surface area contributed by atoms with Crippen LogP contribution in [0.4, 0.5) is 4.79 Å². The molecule has 0 bridgehead atoms. The van der Waals surface area contributed by atoms with Gasteiger partial charge in [-0.2, -0.15) is 0 Å². The summed E-state index contributed by atoms with van der Waals surface area (Å²) >= 11 is 0. The van der Waals surface area contributed by atoms with Crippen molar-refractivity contribution in [2.45, 2.75) is 84.1 Å². The number of carbonyl (C=O) groups excluding carboxylic acids is 3. The molecule has 0 saturated carbocycles. The molecule has 208 valence electrons. The van der Waals surface area contributed by atoms with E-state index in [4.69, 9.17) is 9.47 Å². The quantitative estimate of drug-likeness (QED) is 0.190. The van der Waals surface area contributed by atoms with Crippen molar-refractivity contribution >= 4 is 17.9 Å². The van der Waals surface area contributed by atoms with Gasteiger partial charge >= 0.3 is 12.0 Å². The molecule has 0 saturated heterocycles. The molecule has 0 aliphatic rings. The predicted molar refractivity (Wildman–Crippen MR) is 148 cm³/mol. The second kappa shape index (κ2) is 18.8. The fraction of sp³-hybridized carbons (Fsp3) is 0.500. The van der Waals surface area contributed by atoms with Crippen molar-refractivity contribution in [3.63, 3.8) is 0 Å². The number of rotatable bonds is 18. The van der Waals surface area contributed by atoms with Gasteiger partial charge in [0.2, 0.25) is 5.91 Å². The molecule has 0 aliphatic heterocycles. The molecule has 2 aromatic rings. The molecule has 0 spiro atoms. The largest absolute Gasteiger partial charge is 0.459 e. The van der Waals surface area contributed by atoms with Crippen molar-refractivity contribution in [1.82, 2.24) is 16.0 Å². The van der Waals surface area contributed by atoms with Gasteiger partial charge in [0.25, 0.3) is 0 Å². The first-order valence-electron chi connectivity index (χ1n) is 13.7. The van der Waals surface area contributed by atoms with Gasteiger partial charge in [-0.1, -0.05) is 106 Å². The molecule has 2 atom stereocenters. The molecule has 0 heterocycles. The fourth-order valence-corrected chi connectivity index (χ4v) is 3.77. The Labute approximate surface area is 226 Å². The second-order valence-electron chi connectivity index (χ2n) is 9.40. The number of nitrogens with one attached hydrogen (secondary N) is 3. The van der Waals surface area contributed by atoms with Gasteiger partial charge in [-0.3, -0.25) is 4.79 Å². The molecular weight excluding hydrogens is 482 g/mol. The highest BCUT2D eigenvalue weighted by molar-refractivity contribution is 5.90. The molecule has 8 heteroatoms. The lowest BCUT2D eigenvalue weighted by atomic mass is 10.1. The Morgan fingerprint density at radius 2 is 1.34 bits per heavy atom. The van der Waals surface area contributed by atoms with Crippen LogP contribution >= 0.6 is 0 Å². The zero-order valence-corrected chi connectivity index (χ0v) is 22.7. The molecule has 0 aliphatic carbocycles. The highest BCUT2D eigenvalue weighted by Gasteiger charge is 2.25. The van der Waals surface area contributed by atoms with Crippen LogP contribution in [0.1, 0.15) is 69.9 Å². The number of benzene rings is 2. The van der Waals surface area contributed by atoms with Crippen LogP contribution in [-0.4, -0.2) is 43.1 Å². The van der Waals surface area contributed by atoms with Crippen molar-refractivity contribution in [1.29, 1.82) is 0 Å². The standard InChI is InChI=1S/C30H43N3O5/c1-3-4-5-6-7-8-15-20-31-30(36)33-27(23-37-21-25-16-11-9-12-17-25)28(34)32-24(2)29(35)38-22-26-18-13-10-14-19-26/h9-14,16-19,24,27H,3-8,15,20-23H2,1-2H3,(H,32,34)(H2,31,33,36)/t24-,27-/m0/s1. The van der Waals surface area contributed by atoms with Gasteiger partial charge in [0.05, 0.1) is 13.2 Å². The van der Waals surface area contributed by atoms with Gasteiger partial charge in [0.15, 0.2) is 0 Å². The lowest BCUT2D eigenvalue weighted by Gasteiger charge is -2.21. The Hall–Kier alpha value is -3.39. The highest BCUT2D eigenvalue weighted by atomic mass is 16.5. The molecule has 2 aromatic carbocycles. The number of urea groups is 1. The lowest BCUT2D eigenvalue weighted by Crippen LogP contribution is -2.55. The number of carbonyl (C=O) groups is 3. The Bertz CT molecular complexity index is 939. The van der Waals surface area contributed by atoms with Gasteiger partial charge in [-0.15, -0.1) is 0 Å². The Morgan fingerprint density at radius 1 is 0.763 bits per heavy atom. The van der Waals surface area contributed by atoms with E-state index < -0.39 is 30.0 Å². The molecule has 0 aromatic heterocycles. The smallest absolute Gasteiger partial charge is 0.328 e. The average molecular weight is 526 g/mol. The minimum atomic E-state index is -0.975. The second-order valence-corrected chi connectivity index (χ2v) is 9.40. The summed E-state index contributed by atoms with van der Waals surface area (Å²) in [4.78, 5) is 37.9. The van der Waals surface area contributed by atoms with Crippen molar-refractivity contribution < 1.29 is 23.9 Å². The Morgan fingerprint density at radius 3 is 1.97 bits per heavy atom. The summed E-state index contributed by atoms with van der Waals surface area (Å²) in [5.74, 6) is -1.08. The van der Waals surface area contributed by atoms with Gasteiger partial charge in [0, 0.05) is 6.54 Å². The van der Waals surface area contributed by atoms with Crippen LogP contribution in [0.25, 0.3) is 0 Å². The first-order valence-corrected chi connectivity index (χ1v) is 13.7. The number of hydrogen-bond acceptors (Lipinski definition) is 5. The number of hydrogen-bond donors (Lipinski definition) is 3. The summed E-state index contributed by atoms with van der Waals surface area (Å²) in [6, 6.07) is 16.6. The van der Waals surface area contributed by atoms with E-state index >= 15 is 0 Å². The maximum absolute atomic E-state index is 13.0. The first kappa shape index (κ1) is 30.8. The summed E-state index contributed by atoms with van der Waals surface area (Å²) in [7, 11) is 0. The first-order chi connectivity index (χ1) is 18.5. The Balaban J connectivity index is 1.82. The van der Waals surface area contributed by atoms with Crippen LogP contribution in [-0.2, 0) is 32.3 Å². The average Bonchev–Trinajstić information content (AvgIpc) is 2.93. The van der Waals surface area contributed by atoms with Crippen molar-refractivity contribution in [3.8, 4) is 0 Å². The third kappa shape index (κ3) is 13.2. The molecule has 3 N–H and O–H groups in total. The zero-order valence-electron chi connectivity index (χ0n) is 22.7. The molecule has 8 nitrogen and oxygen atoms in total. The minimum absolute atomic E-state index is 0.0443. The van der Waals surface area contributed by atoms with Gasteiger partial charge in [0.1, 0.15) is 18.7 Å². The number of ether oxygens (including phenoxy) is 2. The summed E-state index contributed by atoms with van der Waals surface area (Å²) < 4.78 is 11.0. The van der Waals surface area contributed by atoms with Gasteiger partial charge < -0.3 is 25.4 Å². The van der Waals surface area contributed by atoms with Crippen molar-refractivity contribution in [3.05, 3.63) is 71.8 Å². The molecular formula is C30H43N3O5. The van der Waals surface area contributed by atoms with Crippen LogP contribution in [0.3, 0.4) is 0 Å². The van der Waals surface area contributed by atoms with Crippen LogP contribution in [0, 0.1) is 0 Å². The van der Waals surface area contributed by atoms with E-state index in [-0.39, 0.29) is 13.2 Å². The van der Waals surface area contributed by atoms with Crippen LogP contribution in [0.15, 0.2) is 60.7 Å². The monoisotopic (exact) mass is 525 g/mol. The van der Waals surface area contributed by atoms with Gasteiger partial charge in [-0.05, 0) is 24.5 Å². The van der Waals surface area contributed by atoms with E-state index in [2.05, 4.69) is 22.9 Å². The highest BCUT2D eigenvalue weighted by Crippen LogP contribution is 2.07. The van der Waals surface area contributed by atoms with Crippen molar-refractivity contribution in [2.75, 3.05) is 13.2 Å². The Kier molecular flexibility index (Phi) is 15.2. The summed E-state index contributed by atoms with van der Waals surface area (Å²) in [5.41, 5.74) is 1.80. The van der Waals surface area contributed by atoms with Crippen LogP contribution in [0.5, 0.6) is 0 Å².